The number of aromatic nitrogens is 1. The van der Waals surface area contributed by atoms with E-state index in [1.54, 1.807) is 0 Å². The van der Waals surface area contributed by atoms with Crippen molar-refractivity contribution < 1.29 is 0 Å². The van der Waals surface area contributed by atoms with Crippen molar-refractivity contribution in [1.82, 2.24) is 10.3 Å². The molecule has 0 spiro atoms. The van der Waals surface area contributed by atoms with Gasteiger partial charge < -0.3 is 5.32 Å². The van der Waals surface area contributed by atoms with Crippen LogP contribution in [0.5, 0.6) is 0 Å². The molecular formula is C15H23N3S. The lowest BCUT2D eigenvalue weighted by Gasteiger charge is -2.33. The van der Waals surface area contributed by atoms with E-state index in [0.717, 1.165) is 24.7 Å². The Morgan fingerprint density at radius 2 is 2.00 bits per heavy atom. The molecule has 1 aliphatic heterocycles. The average Bonchev–Trinajstić information content (AvgIpc) is 2.49. The van der Waals surface area contributed by atoms with Gasteiger partial charge in [-0.25, -0.2) is 0 Å². The molecular weight excluding hydrogens is 254 g/mol. The van der Waals surface area contributed by atoms with Gasteiger partial charge in [0.25, 0.3) is 0 Å². The minimum absolute atomic E-state index is 0.431. The van der Waals surface area contributed by atoms with Crippen LogP contribution in [0.25, 0.3) is 0 Å². The molecule has 0 aliphatic carbocycles. The number of pyridine rings is 1. The van der Waals surface area contributed by atoms with Crippen LogP contribution in [0, 0.1) is 5.41 Å². The second-order valence-corrected chi connectivity index (χ2v) is 6.11. The molecule has 2 heterocycles. The third kappa shape index (κ3) is 3.96. The van der Waals surface area contributed by atoms with Gasteiger partial charge in [-0.15, -0.1) is 0 Å². The highest BCUT2D eigenvalue weighted by atomic mass is 32.2. The molecule has 0 fully saturated rings. The Kier molecular flexibility index (Phi) is 5.25. The van der Waals surface area contributed by atoms with Gasteiger partial charge in [0.05, 0.1) is 0 Å². The quantitative estimate of drug-likeness (QED) is 0.898. The molecule has 0 radical (unpaired) electrons. The molecule has 2 rings (SSSR count). The van der Waals surface area contributed by atoms with Crippen LogP contribution < -0.4 is 5.32 Å². The molecule has 1 aromatic rings. The van der Waals surface area contributed by atoms with E-state index in [-0.39, 0.29) is 0 Å². The molecule has 0 saturated carbocycles. The average molecular weight is 277 g/mol. The van der Waals surface area contributed by atoms with Crippen LogP contribution in [0.4, 0.5) is 0 Å². The van der Waals surface area contributed by atoms with E-state index in [2.05, 4.69) is 36.3 Å². The van der Waals surface area contributed by atoms with E-state index in [0.29, 0.717) is 5.41 Å². The molecule has 0 unspecified atom stereocenters. The van der Waals surface area contributed by atoms with Crippen molar-refractivity contribution in [3.8, 4) is 0 Å². The fourth-order valence-corrected chi connectivity index (χ4v) is 3.50. The summed E-state index contributed by atoms with van der Waals surface area (Å²) in [6, 6.07) is 4.13. The van der Waals surface area contributed by atoms with E-state index in [1.807, 2.05) is 24.2 Å². The maximum absolute atomic E-state index is 4.71. The van der Waals surface area contributed by atoms with Crippen molar-refractivity contribution in [2.24, 2.45) is 10.4 Å². The van der Waals surface area contributed by atoms with Gasteiger partial charge in [-0.05, 0) is 42.4 Å². The smallest absolute Gasteiger partial charge is 0.156 e. The second-order valence-electron chi connectivity index (χ2n) is 5.15. The minimum Gasteiger partial charge on any atom is -0.365 e. The second kappa shape index (κ2) is 6.94. The maximum atomic E-state index is 4.71. The van der Waals surface area contributed by atoms with Crippen LogP contribution in [-0.4, -0.2) is 29.0 Å². The maximum Gasteiger partial charge on any atom is 0.156 e. The topological polar surface area (TPSA) is 37.3 Å². The van der Waals surface area contributed by atoms with E-state index in [1.165, 1.54) is 24.2 Å². The van der Waals surface area contributed by atoms with Crippen molar-refractivity contribution >= 4 is 16.9 Å². The number of hydrogen-bond acceptors (Lipinski definition) is 4. The summed E-state index contributed by atoms with van der Waals surface area (Å²) in [6.45, 7) is 6.48. The summed E-state index contributed by atoms with van der Waals surface area (Å²) in [5, 5.41) is 4.57. The monoisotopic (exact) mass is 277 g/mol. The van der Waals surface area contributed by atoms with Crippen molar-refractivity contribution in [1.29, 1.82) is 0 Å². The Hall–Kier alpha value is -1.03. The summed E-state index contributed by atoms with van der Waals surface area (Å²) in [6.07, 6.45) is 7.17. The number of aliphatic imine (C=N–C) groups is 1. The van der Waals surface area contributed by atoms with Crippen LogP contribution in [0.15, 0.2) is 29.5 Å². The zero-order valence-corrected chi connectivity index (χ0v) is 12.7. The van der Waals surface area contributed by atoms with Crippen molar-refractivity contribution in [3.05, 3.63) is 30.1 Å². The predicted octanol–water partition coefficient (Wildman–Crippen LogP) is 3.12. The van der Waals surface area contributed by atoms with Crippen molar-refractivity contribution in [3.63, 3.8) is 0 Å². The SMILES string of the molecule is CCC1(CC)CN=C(NCCc2ccncc2)SC1. The zero-order valence-electron chi connectivity index (χ0n) is 11.9. The summed E-state index contributed by atoms with van der Waals surface area (Å²) in [7, 11) is 0. The highest BCUT2D eigenvalue weighted by molar-refractivity contribution is 8.13. The largest absolute Gasteiger partial charge is 0.365 e. The van der Waals surface area contributed by atoms with Gasteiger partial charge in [0, 0.05) is 31.2 Å². The van der Waals surface area contributed by atoms with Gasteiger partial charge >= 0.3 is 0 Å². The highest BCUT2D eigenvalue weighted by Crippen LogP contribution is 2.34. The Morgan fingerprint density at radius 1 is 1.26 bits per heavy atom. The fraction of sp³-hybridized carbons (Fsp3) is 0.600. The first-order valence-electron chi connectivity index (χ1n) is 7.08. The lowest BCUT2D eigenvalue weighted by Crippen LogP contribution is -2.35. The molecule has 0 aromatic carbocycles. The van der Waals surface area contributed by atoms with E-state index < -0.39 is 0 Å². The number of nitrogens with one attached hydrogen (secondary N) is 1. The normalized spacial score (nSPS) is 17.9. The molecule has 3 nitrogen and oxygen atoms in total. The lowest BCUT2D eigenvalue weighted by atomic mass is 9.84. The summed E-state index contributed by atoms with van der Waals surface area (Å²) in [4.78, 5) is 8.74. The third-order valence-electron chi connectivity index (χ3n) is 4.01. The molecule has 0 atom stereocenters. The van der Waals surface area contributed by atoms with Gasteiger partial charge in [0.2, 0.25) is 0 Å². The van der Waals surface area contributed by atoms with Crippen LogP contribution >= 0.6 is 11.8 Å². The van der Waals surface area contributed by atoms with Gasteiger partial charge in [-0.2, -0.15) is 0 Å². The van der Waals surface area contributed by atoms with Crippen molar-refractivity contribution in [2.45, 2.75) is 33.1 Å². The van der Waals surface area contributed by atoms with E-state index in [9.17, 15) is 0 Å². The molecule has 104 valence electrons. The Balaban J connectivity index is 1.77. The van der Waals surface area contributed by atoms with Crippen LogP contribution in [0.1, 0.15) is 32.3 Å². The van der Waals surface area contributed by atoms with Gasteiger partial charge in [0.15, 0.2) is 5.17 Å². The number of nitrogens with zero attached hydrogens (tertiary/aromatic N) is 2. The molecule has 1 aromatic heterocycles. The van der Waals surface area contributed by atoms with Crippen LogP contribution in [0.3, 0.4) is 0 Å². The fourth-order valence-electron chi connectivity index (χ4n) is 2.20. The zero-order chi connectivity index (χ0) is 13.6. The number of amidine groups is 1. The Bertz CT molecular complexity index is 413. The van der Waals surface area contributed by atoms with Gasteiger partial charge in [-0.3, -0.25) is 9.98 Å². The number of thioether (sulfide) groups is 1. The Morgan fingerprint density at radius 3 is 2.58 bits per heavy atom. The van der Waals surface area contributed by atoms with Crippen LogP contribution in [-0.2, 0) is 6.42 Å². The first-order chi connectivity index (χ1) is 9.28. The molecule has 1 N–H and O–H groups in total. The predicted molar refractivity (Wildman–Crippen MR) is 83.7 cm³/mol. The summed E-state index contributed by atoms with van der Waals surface area (Å²) in [5.41, 5.74) is 1.75. The third-order valence-corrected chi connectivity index (χ3v) is 5.32. The van der Waals surface area contributed by atoms with Crippen LogP contribution in [0.2, 0.25) is 0 Å². The minimum atomic E-state index is 0.431. The molecule has 19 heavy (non-hydrogen) atoms. The first-order valence-corrected chi connectivity index (χ1v) is 8.06. The molecule has 4 heteroatoms. The lowest BCUT2D eigenvalue weighted by molar-refractivity contribution is 0.318. The number of hydrogen-bond donors (Lipinski definition) is 1. The molecule has 1 aliphatic rings. The summed E-state index contributed by atoms with van der Waals surface area (Å²) in [5.74, 6) is 1.20. The van der Waals surface area contributed by atoms with E-state index >= 15 is 0 Å². The van der Waals surface area contributed by atoms with Gasteiger partial charge in [0.1, 0.15) is 0 Å². The standard InChI is InChI=1S/C15H23N3S/c1-3-15(4-2)11-18-14(19-12-15)17-10-7-13-5-8-16-9-6-13/h5-6,8-9H,3-4,7,10-12H2,1-2H3,(H,17,18). The molecule has 0 bridgehead atoms. The summed E-state index contributed by atoms with van der Waals surface area (Å²) >= 11 is 1.88. The number of rotatable bonds is 5. The van der Waals surface area contributed by atoms with Gasteiger partial charge in [-0.1, -0.05) is 25.6 Å². The molecule has 0 amide bonds. The molecule has 0 saturated heterocycles. The Labute approximate surface area is 120 Å². The van der Waals surface area contributed by atoms with Crippen molar-refractivity contribution in [2.75, 3.05) is 18.8 Å². The van der Waals surface area contributed by atoms with E-state index in [4.69, 9.17) is 4.99 Å². The highest BCUT2D eigenvalue weighted by Gasteiger charge is 2.29. The summed E-state index contributed by atoms with van der Waals surface area (Å²) < 4.78 is 0. The first kappa shape index (κ1) is 14.4.